The highest BCUT2D eigenvalue weighted by molar-refractivity contribution is 9.10. The van der Waals surface area contributed by atoms with Crippen LogP contribution in [-0.4, -0.2) is 15.3 Å². The van der Waals surface area contributed by atoms with Crippen LogP contribution >= 0.6 is 15.9 Å². The van der Waals surface area contributed by atoms with Crippen molar-refractivity contribution in [2.45, 2.75) is 6.42 Å². The van der Waals surface area contributed by atoms with E-state index in [9.17, 15) is 9.90 Å². The number of nitrogens with one attached hydrogen (secondary N) is 2. The van der Waals surface area contributed by atoms with E-state index >= 15 is 0 Å². The van der Waals surface area contributed by atoms with Gasteiger partial charge in [-0.1, -0.05) is 58.4 Å². The Morgan fingerprint density at radius 2 is 1.76 bits per heavy atom. The van der Waals surface area contributed by atoms with E-state index in [4.69, 9.17) is 0 Å². The molecule has 4 nitrogen and oxygen atoms in total. The summed E-state index contributed by atoms with van der Waals surface area (Å²) in [7, 11) is 0. The third-order valence-corrected chi connectivity index (χ3v) is 4.85. The summed E-state index contributed by atoms with van der Waals surface area (Å²) >= 11 is 3.46. The summed E-state index contributed by atoms with van der Waals surface area (Å²) in [6, 6.07) is 19.2. The normalized spacial score (nSPS) is 11.1. The van der Waals surface area contributed by atoms with Gasteiger partial charge in [0.05, 0.1) is 5.69 Å². The van der Waals surface area contributed by atoms with Crippen molar-refractivity contribution in [3.63, 3.8) is 0 Å². The first kappa shape index (κ1) is 15.7. The van der Waals surface area contributed by atoms with Crippen LogP contribution in [-0.2, 0) is 6.42 Å². The van der Waals surface area contributed by atoms with Crippen LogP contribution in [0.2, 0.25) is 0 Å². The molecule has 124 valence electrons. The van der Waals surface area contributed by atoms with Crippen LogP contribution < -0.4 is 5.56 Å². The molecular formula is C20H15BrN2O2. The van der Waals surface area contributed by atoms with Gasteiger partial charge in [-0.25, -0.2) is 0 Å². The first-order valence-electron chi connectivity index (χ1n) is 7.88. The molecule has 3 N–H and O–H groups in total. The van der Waals surface area contributed by atoms with Crippen molar-refractivity contribution >= 4 is 26.7 Å². The van der Waals surface area contributed by atoms with Gasteiger partial charge in [0.25, 0.3) is 5.56 Å². The summed E-state index contributed by atoms with van der Waals surface area (Å²) in [6.45, 7) is 0. The number of aromatic hydroxyl groups is 1. The van der Waals surface area contributed by atoms with Gasteiger partial charge in [0.15, 0.2) is 0 Å². The molecule has 4 rings (SSSR count). The monoisotopic (exact) mass is 394 g/mol. The fourth-order valence-corrected chi connectivity index (χ4v) is 3.53. The Kier molecular flexibility index (Phi) is 3.93. The van der Waals surface area contributed by atoms with Gasteiger partial charge >= 0.3 is 0 Å². The second kappa shape index (κ2) is 6.26. The first-order chi connectivity index (χ1) is 12.1. The zero-order valence-corrected chi connectivity index (χ0v) is 14.8. The van der Waals surface area contributed by atoms with Crippen molar-refractivity contribution < 1.29 is 5.11 Å². The maximum atomic E-state index is 12.4. The lowest BCUT2D eigenvalue weighted by atomic mass is 9.96. The van der Waals surface area contributed by atoms with Crippen LogP contribution in [0, 0.1) is 0 Å². The Morgan fingerprint density at radius 3 is 2.60 bits per heavy atom. The molecule has 0 radical (unpaired) electrons. The lowest BCUT2D eigenvalue weighted by Gasteiger charge is -2.09. The standard InChI is InChI=1S/C20H15BrN2O2/c21-14-6-3-5-13(10-14)19-17(20(25)23-22-19)11-16-15-7-2-1-4-12(15)8-9-18(16)24/h1-10,24H,11H2,(H2,22,23,25). The fourth-order valence-electron chi connectivity index (χ4n) is 3.13. The summed E-state index contributed by atoms with van der Waals surface area (Å²) in [5.74, 6) is 0.194. The Bertz CT molecular complexity index is 1130. The molecular weight excluding hydrogens is 380 g/mol. The number of benzene rings is 3. The number of halogens is 1. The molecule has 0 aliphatic rings. The molecule has 0 aliphatic heterocycles. The number of H-pyrrole nitrogens is 2. The van der Waals surface area contributed by atoms with E-state index in [0.29, 0.717) is 12.0 Å². The topological polar surface area (TPSA) is 68.9 Å². The van der Waals surface area contributed by atoms with E-state index in [1.54, 1.807) is 6.07 Å². The summed E-state index contributed by atoms with van der Waals surface area (Å²) in [5, 5.41) is 18.0. The number of rotatable bonds is 3. The zero-order chi connectivity index (χ0) is 17.4. The molecule has 1 heterocycles. The molecule has 0 amide bonds. The summed E-state index contributed by atoms with van der Waals surface area (Å²) in [5.41, 5.74) is 2.81. The van der Waals surface area contributed by atoms with E-state index < -0.39 is 0 Å². The quantitative estimate of drug-likeness (QED) is 0.475. The van der Waals surface area contributed by atoms with Crippen LogP contribution in [0.15, 0.2) is 69.9 Å². The molecule has 0 spiro atoms. The highest BCUT2D eigenvalue weighted by Crippen LogP contribution is 2.31. The van der Waals surface area contributed by atoms with E-state index in [-0.39, 0.29) is 11.3 Å². The second-order valence-corrected chi connectivity index (χ2v) is 6.82. The molecule has 0 atom stereocenters. The number of hydrogen-bond donors (Lipinski definition) is 3. The van der Waals surface area contributed by atoms with Gasteiger partial charge in [0.1, 0.15) is 5.75 Å². The maximum absolute atomic E-state index is 12.4. The van der Waals surface area contributed by atoms with Crippen LogP contribution in [0.3, 0.4) is 0 Å². The minimum atomic E-state index is -0.178. The number of aromatic nitrogens is 2. The summed E-state index contributed by atoms with van der Waals surface area (Å²) in [6.07, 6.45) is 0.341. The van der Waals surface area contributed by atoms with Crippen LogP contribution in [0.4, 0.5) is 0 Å². The molecule has 0 saturated carbocycles. The minimum absolute atomic E-state index is 0.178. The average Bonchev–Trinajstić information content (AvgIpc) is 2.98. The van der Waals surface area contributed by atoms with Gasteiger partial charge in [0, 0.05) is 27.6 Å². The van der Waals surface area contributed by atoms with E-state index in [1.165, 1.54) is 0 Å². The van der Waals surface area contributed by atoms with Gasteiger partial charge in [-0.05, 0) is 29.0 Å². The number of phenols is 1. The smallest absolute Gasteiger partial charge is 0.268 e. The Balaban J connectivity index is 1.87. The lowest BCUT2D eigenvalue weighted by molar-refractivity contribution is 0.470. The van der Waals surface area contributed by atoms with E-state index in [1.807, 2.05) is 54.6 Å². The predicted molar refractivity (Wildman–Crippen MR) is 103 cm³/mol. The van der Waals surface area contributed by atoms with Crippen LogP contribution in [0.5, 0.6) is 5.75 Å². The molecule has 0 aliphatic carbocycles. The number of hydrogen-bond acceptors (Lipinski definition) is 2. The van der Waals surface area contributed by atoms with Crippen LogP contribution in [0.25, 0.3) is 22.0 Å². The average molecular weight is 395 g/mol. The Hall–Kier alpha value is -2.79. The molecule has 0 unspecified atom stereocenters. The van der Waals surface area contributed by atoms with Gasteiger partial charge < -0.3 is 5.11 Å². The predicted octanol–water partition coefficient (Wildman–Crippen LogP) is 4.58. The van der Waals surface area contributed by atoms with Gasteiger partial charge in [-0.15, -0.1) is 0 Å². The van der Waals surface area contributed by atoms with Crippen molar-refractivity contribution in [1.82, 2.24) is 10.2 Å². The van der Waals surface area contributed by atoms with Gasteiger partial charge in [-0.2, -0.15) is 0 Å². The highest BCUT2D eigenvalue weighted by Gasteiger charge is 2.16. The van der Waals surface area contributed by atoms with Crippen molar-refractivity contribution in [3.8, 4) is 17.0 Å². The zero-order valence-electron chi connectivity index (χ0n) is 13.2. The largest absolute Gasteiger partial charge is 0.508 e. The van der Waals surface area contributed by atoms with E-state index in [2.05, 4.69) is 26.1 Å². The number of phenolic OH excluding ortho intramolecular Hbond substituents is 1. The molecule has 3 aromatic carbocycles. The fraction of sp³-hybridized carbons (Fsp3) is 0.0500. The number of fused-ring (bicyclic) bond motifs is 1. The summed E-state index contributed by atoms with van der Waals surface area (Å²) < 4.78 is 0.936. The Labute approximate surface area is 152 Å². The van der Waals surface area contributed by atoms with E-state index in [0.717, 1.165) is 32.1 Å². The molecule has 1 aromatic heterocycles. The Morgan fingerprint density at radius 1 is 0.920 bits per heavy atom. The SMILES string of the molecule is O=c1[nH][nH]c(-c2cccc(Br)c2)c1Cc1c(O)ccc2ccccc12. The minimum Gasteiger partial charge on any atom is -0.508 e. The van der Waals surface area contributed by atoms with Crippen molar-refractivity contribution in [3.05, 3.63) is 86.6 Å². The first-order valence-corrected chi connectivity index (χ1v) is 8.68. The highest BCUT2D eigenvalue weighted by atomic mass is 79.9. The molecule has 0 saturated heterocycles. The van der Waals surface area contributed by atoms with Crippen molar-refractivity contribution in [1.29, 1.82) is 0 Å². The third kappa shape index (κ3) is 2.87. The van der Waals surface area contributed by atoms with Crippen molar-refractivity contribution in [2.75, 3.05) is 0 Å². The summed E-state index contributed by atoms with van der Waals surface area (Å²) in [4.78, 5) is 12.4. The maximum Gasteiger partial charge on any atom is 0.268 e. The third-order valence-electron chi connectivity index (χ3n) is 4.36. The molecule has 0 fully saturated rings. The molecule has 4 aromatic rings. The molecule has 25 heavy (non-hydrogen) atoms. The van der Waals surface area contributed by atoms with Crippen molar-refractivity contribution in [2.24, 2.45) is 0 Å². The molecule has 0 bridgehead atoms. The molecule has 5 heteroatoms. The lowest BCUT2D eigenvalue weighted by Crippen LogP contribution is -2.07. The number of aromatic amines is 2. The second-order valence-electron chi connectivity index (χ2n) is 5.90. The van der Waals surface area contributed by atoms with Gasteiger partial charge in [-0.3, -0.25) is 15.0 Å². The van der Waals surface area contributed by atoms with Gasteiger partial charge in [0.2, 0.25) is 0 Å². The van der Waals surface area contributed by atoms with Crippen LogP contribution in [0.1, 0.15) is 11.1 Å².